The Hall–Kier alpha value is -0.790. The van der Waals surface area contributed by atoms with Crippen molar-refractivity contribution in [1.29, 1.82) is 0 Å². The van der Waals surface area contributed by atoms with Crippen molar-refractivity contribution in [3.8, 4) is 0 Å². The zero-order chi connectivity index (χ0) is 10.3. The van der Waals surface area contributed by atoms with Crippen molar-refractivity contribution < 1.29 is 0 Å². The summed E-state index contributed by atoms with van der Waals surface area (Å²) in [6, 6.07) is 2.65. The first-order valence-corrected chi connectivity index (χ1v) is 5.53. The Morgan fingerprint density at radius 1 is 1.43 bits per heavy atom. The van der Waals surface area contributed by atoms with Crippen LogP contribution in [0.4, 0.5) is 0 Å². The second-order valence-electron chi connectivity index (χ2n) is 5.54. The molecule has 0 spiro atoms. The summed E-state index contributed by atoms with van der Waals surface area (Å²) in [5.74, 6) is 0.767. The number of hydrogen-bond donors (Lipinski definition) is 0. The number of nitrogens with zero attached hydrogens (tertiary/aromatic N) is 2. The van der Waals surface area contributed by atoms with Gasteiger partial charge in [-0.05, 0) is 31.2 Å². The van der Waals surface area contributed by atoms with Gasteiger partial charge in [0.05, 0.1) is 11.7 Å². The summed E-state index contributed by atoms with van der Waals surface area (Å²) < 4.78 is 2.12. The van der Waals surface area contributed by atoms with Gasteiger partial charge in [-0.1, -0.05) is 20.8 Å². The highest BCUT2D eigenvalue weighted by atomic mass is 15.3. The fraction of sp³-hybridized carbons (Fsp3) is 0.750. The minimum Gasteiger partial charge on any atom is -0.269 e. The van der Waals surface area contributed by atoms with Crippen LogP contribution in [0.1, 0.15) is 58.2 Å². The number of aromatic nitrogens is 2. The normalized spacial score (nSPS) is 19.7. The highest BCUT2D eigenvalue weighted by Crippen LogP contribution is 2.39. The summed E-state index contributed by atoms with van der Waals surface area (Å²) in [6.07, 6.45) is 4.80. The molecule has 0 amide bonds. The molecule has 1 saturated carbocycles. The van der Waals surface area contributed by atoms with E-state index in [0.717, 1.165) is 5.92 Å². The van der Waals surface area contributed by atoms with Gasteiger partial charge in [-0.3, -0.25) is 4.68 Å². The van der Waals surface area contributed by atoms with Crippen LogP contribution in [-0.2, 0) is 0 Å². The summed E-state index contributed by atoms with van der Waals surface area (Å²) in [7, 11) is 0. The van der Waals surface area contributed by atoms with E-state index in [4.69, 9.17) is 0 Å². The minimum absolute atomic E-state index is 0.285. The topological polar surface area (TPSA) is 17.8 Å². The molecule has 1 atom stereocenters. The Morgan fingerprint density at radius 3 is 2.57 bits per heavy atom. The van der Waals surface area contributed by atoms with Crippen LogP contribution >= 0.6 is 0 Å². The smallest absolute Gasteiger partial charge is 0.0655 e. The molecule has 1 fully saturated rings. The van der Waals surface area contributed by atoms with Gasteiger partial charge in [0.15, 0.2) is 0 Å². The van der Waals surface area contributed by atoms with E-state index >= 15 is 0 Å². The molecule has 1 aliphatic rings. The molecule has 1 aromatic heterocycles. The lowest BCUT2D eigenvalue weighted by Crippen LogP contribution is -2.22. The van der Waals surface area contributed by atoms with Crippen molar-refractivity contribution in [2.75, 3.05) is 0 Å². The van der Waals surface area contributed by atoms with Gasteiger partial charge in [-0.15, -0.1) is 0 Å². The van der Waals surface area contributed by atoms with Crippen molar-refractivity contribution in [2.24, 2.45) is 5.41 Å². The molecule has 1 unspecified atom stereocenters. The van der Waals surface area contributed by atoms with Gasteiger partial charge in [0.1, 0.15) is 0 Å². The molecular weight excluding hydrogens is 172 g/mol. The third kappa shape index (κ3) is 1.84. The monoisotopic (exact) mass is 192 g/mol. The second kappa shape index (κ2) is 3.11. The lowest BCUT2D eigenvalue weighted by Gasteiger charge is -2.27. The zero-order valence-electron chi connectivity index (χ0n) is 9.62. The molecule has 1 aromatic rings. The first kappa shape index (κ1) is 9.75. The fourth-order valence-corrected chi connectivity index (χ4v) is 1.56. The largest absolute Gasteiger partial charge is 0.269 e. The predicted octanol–water partition coefficient (Wildman–Crippen LogP) is 3.37. The molecule has 78 valence electrons. The summed E-state index contributed by atoms with van der Waals surface area (Å²) in [4.78, 5) is 0. The van der Waals surface area contributed by atoms with Crippen LogP contribution in [0.2, 0.25) is 0 Å². The minimum atomic E-state index is 0.285. The first-order chi connectivity index (χ1) is 6.48. The van der Waals surface area contributed by atoms with Crippen LogP contribution in [0.15, 0.2) is 12.3 Å². The van der Waals surface area contributed by atoms with Crippen molar-refractivity contribution in [2.45, 2.75) is 52.5 Å². The molecule has 14 heavy (non-hydrogen) atoms. The van der Waals surface area contributed by atoms with E-state index in [2.05, 4.69) is 49.7 Å². The Morgan fingerprint density at radius 2 is 2.07 bits per heavy atom. The van der Waals surface area contributed by atoms with Crippen molar-refractivity contribution in [3.63, 3.8) is 0 Å². The van der Waals surface area contributed by atoms with E-state index < -0.39 is 0 Å². The van der Waals surface area contributed by atoms with E-state index in [9.17, 15) is 0 Å². The molecule has 2 rings (SSSR count). The van der Waals surface area contributed by atoms with Crippen LogP contribution in [0.25, 0.3) is 0 Å². The number of rotatable bonds is 2. The molecule has 1 heterocycles. The van der Waals surface area contributed by atoms with E-state index in [0.29, 0.717) is 6.04 Å². The van der Waals surface area contributed by atoms with Gasteiger partial charge in [-0.2, -0.15) is 5.10 Å². The Balaban J connectivity index is 2.15. The van der Waals surface area contributed by atoms with E-state index in [1.807, 2.05) is 0 Å². The van der Waals surface area contributed by atoms with E-state index in [1.165, 1.54) is 18.5 Å². The summed E-state index contributed by atoms with van der Waals surface area (Å²) in [5.41, 5.74) is 1.58. The van der Waals surface area contributed by atoms with Gasteiger partial charge in [0.25, 0.3) is 0 Å². The average molecular weight is 192 g/mol. The summed E-state index contributed by atoms with van der Waals surface area (Å²) in [6.45, 7) is 9.02. The third-order valence-corrected chi connectivity index (χ3v) is 3.27. The average Bonchev–Trinajstić information content (AvgIpc) is 2.82. The van der Waals surface area contributed by atoms with Gasteiger partial charge in [-0.25, -0.2) is 0 Å². The SMILES string of the molecule is CC(n1ccc(C2CC2)n1)C(C)(C)C. The number of hydrogen-bond acceptors (Lipinski definition) is 1. The van der Waals surface area contributed by atoms with Gasteiger partial charge >= 0.3 is 0 Å². The first-order valence-electron chi connectivity index (χ1n) is 5.53. The van der Waals surface area contributed by atoms with Gasteiger partial charge < -0.3 is 0 Å². The molecule has 0 radical (unpaired) electrons. The Labute approximate surface area is 86.3 Å². The molecule has 0 aliphatic heterocycles. The lowest BCUT2D eigenvalue weighted by atomic mass is 9.88. The summed E-state index contributed by atoms with van der Waals surface area (Å²) in [5, 5.41) is 4.66. The van der Waals surface area contributed by atoms with E-state index in [1.54, 1.807) is 0 Å². The Bertz CT molecular complexity index is 315. The molecule has 2 nitrogen and oxygen atoms in total. The molecule has 0 N–H and O–H groups in total. The second-order valence-corrected chi connectivity index (χ2v) is 5.54. The standard InChI is InChI=1S/C12H20N2/c1-9(12(2,3)4)14-8-7-11(13-14)10-5-6-10/h7-10H,5-6H2,1-4H3. The van der Waals surface area contributed by atoms with Crippen molar-refractivity contribution in [1.82, 2.24) is 9.78 Å². The third-order valence-electron chi connectivity index (χ3n) is 3.27. The van der Waals surface area contributed by atoms with Crippen molar-refractivity contribution in [3.05, 3.63) is 18.0 Å². The quantitative estimate of drug-likeness (QED) is 0.702. The van der Waals surface area contributed by atoms with Crippen LogP contribution in [0, 0.1) is 5.41 Å². The zero-order valence-corrected chi connectivity index (χ0v) is 9.62. The maximum atomic E-state index is 4.66. The predicted molar refractivity (Wildman–Crippen MR) is 58.4 cm³/mol. The van der Waals surface area contributed by atoms with Crippen molar-refractivity contribution >= 4 is 0 Å². The molecular formula is C12H20N2. The molecule has 0 bridgehead atoms. The lowest BCUT2D eigenvalue weighted by molar-refractivity contribution is 0.244. The highest BCUT2D eigenvalue weighted by Gasteiger charge is 2.28. The van der Waals surface area contributed by atoms with Gasteiger partial charge in [0.2, 0.25) is 0 Å². The molecule has 1 aliphatic carbocycles. The van der Waals surface area contributed by atoms with Crippen LogP contribution < -0.4 is 0 Å². The summed E-state index contributed by atoms with van der Waals surface area (Å²) >= 11 is 0. The van der Waals surface area contributed by atoms with Crippen LogP contribution in [0.5, 0.6) is 0 Å². The highest BCUT2D eigenvalue weighted by molar-refractivity contribution is 5.12. The maximum absolute atomic E-state index is 4.66. The van der Waals surface area contributed by atoms with Crippen LogP contribution in [0.3, 0.4) is 0 Å². The molecule has 2 heteroatoms. The van der Waals surface area contributed by atoms with Gasteiger partial charge in [0, 0.05) is 12.1 Å². The fourth-order valence-electron chi connectivity index (χ4n) is 1.56. The van der Waals surface area contributed by atoms with Crippen LogP contribution in [-0.4, -0.2) is 9.78 Å². The molecule has 0 saturated heterocycles. The molecule has 0 aromatic carbocycles. The van der Waals surface area contributed by atoms with E-state index in [-0.39, 0.29) is 5.41 Å². The maximum Gasteiger partial charge on any atom is 0.0655 e. The Kier molecular flexibility index (Phi) is 2.17.